The third-order valence-corrected chi connectivity index (χ3v) is 16.0. The van der Waals surface area contributed by atoms with Crippen LogP contribution in [0.1, 0.15) is 264 Å². The molecule has 9 N–H and O–H groups in total. The van der Waals surface area contributed by atoms with Crippen molar-refractivity contribution < 1.29 is 64.6 Å². The van der Waals surface area contributed by atoms with Gasteiger partial charge in [-0.15, -0.1) is 0 Å². The van der Waals surface area contributed by atoms with E-state index in [-0.39, 0.29) is 18.9 Å². The third kappa shape index (κ3) is 37.0. The maximum atomic E-state index is 13.2. The summed E-state index contributed by atoms with van der Waals surface area (Å²) in [6, 6.07) is -0.887. The summed E-state index contributed by atoms with van der Waals surface area (Å²) in [4.78, 5) is 13.2. The molecule has 1 amide bonds. The van der Waals surface area contributed by atoms with E-state index in [0.29, 0.717) is 12.8 Å². The largest absolute Gasteiger partial charge is 0.394 e. The average Bonchev–Trinajstić information content (AvgIpc) is 3.47. The number of ether oxygens (including phenoxy) is 4. The number of carbonyl (C=O) groups excluding carboxylic acids is 1. The van der Waals surface area contributed by atoms with E-state index in [1.165, 1.54) is 180 Å². The van der Waals surface area contributed by atoms with E-state index < -0.39 is 86.8 Å². The van der Waals surface area contributed by atoms with Crippen molar-refractivity contribution in [2.24, 2.45) is 0 Å². The standard InChI is InChI=1S/C67H121NO13/c1-3-5-7-9-11-13-15-17-19-20-21-22-23-24-25-26-27-28-29-30-31-32-33-34-35-37-38-40-42-44-46-48-50-56(71)55(68-59(72)51-49-47-45-43-41-39-36-18-16-14-12-10-8-6-4-2)54-78-66-64(77)62(75)65(58(53-70)80-66)81-67-63(76)61(74)60(73)57(52-69)79-67/h6,8,12,14,18,36,41,43,47,49,55-58,60-67,69-71,73-77H,3-5,7,9-11,13,15-17,19-35,37-40,42,44-46,48,50-54H2,1-2H3,(H,68,72)/b8-6-,14-12-,36-18-,43-41-,49-47-. The van der Waals surface area contributed by atoms with Crippen LogP contribution in [0.2, 0.25) is 0 Å². The van der Waals surface area contributed by atoms with E-state index in [1.54, 1.807) is 6.08 Å². The molecule has 81 heavy (non-hydrogen) atoms. The molecule has 472 valence electrons. The molecule has 0 bridgehead atoms. The predicted octanol–water partition coefficient (Wildman–Crippen LogP) is 12.5. The predicted molar refractivity (Wildman–Crippen MR) is 327 cm³/mol. The number of hydrogen-bond acceptors (Lipinski definition) is 13. The van der Waals surface area contributed by atoms with Gasteiger partial charge in [-0.2, -0.15) is 0 Å². The van der Waals surface area contributed by atoms with Gasteiger partial charge in [0.1, 0.15) is 48.8 Å². The van der Waals surface area contributed by atoms with E-state index in [0.717, 1.165) is 51.4 Å². The highest BCUT2D eigenvalue weighted by Gasteiger charge is 2.51. The van der Waals surface area contributed by atoms with Crippen LogP contribution < -0.4 is 5.32 Å². The molecule has 0 aliphatic carbocycles. The summed E-state index contributed by atoms with van der Waals surface area (Å²) >= 11 is 0. The highest BCUT2D eigenvalue weighted by molar-refractivity contribution is 5.77. The van der Waals surface area contributed by atoms with Gasteiger partial charge in [0.05, 0.1) is 32.0 Å². The molecule has 2 heterocycles. The number of nitrogens with one attached hydrogen (secondary N) is 1. The molecule has 0 aromatic heterocycles. The van der Waals surface area contributed by atoms with Gasteiger partial charge in [0.2, 0.25) is 5.91 Å². The molecule has 2 rings (SSSR count). The molecular weight excluding hydrogens is 1030 g/mol. The number of aliphatic hydroxyl groups excluding tert-OH is 8. The van der Waals surface area contributed by atoms with Crippen molar-refractivity contribution in [3.63, 3.8) is 0 Å². The summed E-state index contributed by atoms with van der Waals surface area (Å²) in [7, 11) is 0. The third-order valence-electron chi connectivity index (χ3n) is 16.0. The van der Waals surface area contributed by atoms with Crippen molar-refractivity contribution in [2.45, 2.75) is 338 Å². The van der Waals surface area contributed by atoms with E-state index >= 15 is 0 Å². The second kappa shape index (κ2) is 52.1. The summed E-state index contributed by atoms with van der Waals surface area (Å²) in [5, 5.41) is 87.2. The molecule has 14 heteroatoms. The number of allylic oxidation sites excluding steroid dienone is 9. The smallest absolute Gasteiger partial charge is 0.224 e. The number of unbranched alkanes of at least 4 members (excludes halogenated alkanes) is 31. The maximum Gasteiger partial charge on any atom is 0.224 e. The zero-order valence-electron chi connectivity index (χ0n) is 51.0. The summed E-state index contributed by atoms with van der Waals surface area (Å²) < 4.78 is 22.8. The number of rotatable bonds is 53. The summed E-state index contributed by atoms with van der Waals surface area (Å²) in [6.07, 6.45) is 51.4. The van der Waals surface area contributed by atoms with E-state index in [1.807, 2.05) is 12.2 Å². The Hall–Kier alpha value is -2.31. The van der Waals surface area contributed by atoms with Gasteiger partial charge in [-0.25, -0.2) is 0 Å². The van der Waals surface area contributed by atoms with Crippen LogP contribution in [0.15, 0.2) is 60.8 Å². The van der Waals surface area contributed by atoms with Crippen molar-refractivity contribution >= 4 is 5.91 Å². The van der Waals surface area contributed by atoms with Crippen molar-refractivity contribution in [3.05, 3.63) is 60.8 Å². The molecule has 12 atom stereocenters. The molecule has 2 aliphatic heterocycles. The van der Waals surface area contributed by atoms with Crippen molar-refractivity contribution in [1.82, 2.24) is 5.32 Å². The van der Waals surface area contributed by atoms with Crippen LogP contribution in [0, 0.1) is 0 Å². The number of hydrogen-bond donors (Lipinski definition) is 9. The van der Waals surface area contributed by atoms with Gasteiger partial charge in [0, 0.05) is 6.42 Å². The minimum absolute atomic E-state index is 0.0707. The first kappa shape index (κ1) is 74.8. The lowest BCUT2D eigenvalue weighted by Gasteiger charge is -2.46. The Balaban J connectivity index is 1.66. The Morgan fingerprint density at radius 3 is 1.20 bits per heavy atom. The van der Waals surface area contributed by atoms with Crippen LogP contribution in [0.4, 0.5) is 0 Å². The quantitative estimate of drug-likeness (QED) is 0.0204. The van der Waals surface area contributed by atoms with Gasteiger partial charge in [-0.05, 0) is 38.5 Å². The Kier molecular flexibility index (Phi) is 48.1. The summed E-state index contributed by atoms with van der Waals surface area (Å²) in [5.41, 5.74) is 0. The molecule has 0 spiro atoms. The van der Waals surface area contributed by atoms with Gasteiger partial charge in [0.25, 0.3) is 0 Å². The molecule has 2 aliphatic rings. The van der Waals surface area contributed by atoms with Gasteiger partial charge in [-0.1, -0.05) is 280 Å². The minimum atomic E-state index is -1.79. The number of carbonyl (C=O) groups is 1. The zero-order chi connectivity index (χ0) is 58.8. The fraction of sp³-hybridized carbons (Fsp3) is 0.836. The average molecular weight is 1150 g/mol. The normalized spacial score (nSPS) is 24.5. The second-order valence-corrected chi connectivity index (χ2v) is 23.2. The molecule has 0 aromatic carbocycles. The van der Waals surface area contributed by atoms with Crippen molar-refractivity contribution in [3.8, 4) is 0 Å². The molecule has 0 radical (unpaired) electrons. The summed E-state index contributed by atoms with van der Waals surface area (Å²) in [5.74, 6) is -0.332. The Labute approximate surface area is 492 Å². The lowest BCUT2D eigenvalue weighted by molar-refractivity contribution is -0.359. The zero-order valence-corrected chi connectivity index (χ0v) is 51.0. The second-order valence-electron chi connectivity index (χ2n) is 23.2. The van der Waals surface area contributed by atoms with Gasteiger partial charge < -0.3 is 65.1 Å². The fourth-order valence-corrected chi connectivity index (χ4v) is 10.8. The van der Waals surface area contributed by atoms with Crippen LogP contribution in [-0.2, 0) is 23.7 Å². The molecule has 14 nitrogen and oxygen atoms in total. The molecule has 0 saturated carbocycles. The maximum absolute atomic E-state index is 13.2. The first-order valence-corrected chi connectivity index (χ1v) is 33.0. The Bertz CT molecular complexity index is 1590. The Morgan fingerprint density at radius 1 is 0.444 bits per heavy atom. The van der Waals surface area contributed by atoms with Crippen LogP contribution in [0.3, 0.4) is 0 Å². The van der Waals surface area contributed by atoms with Crippen LogP contribution in [0.25, 0.3) is 0 Å². The van der Waals surface area contributed by atoms with Gasteiger partial charge in [0.15, 0.2) is 12.6 Å². The molecule has 2 saturated heterocycles. The first-order chi connectivity index (χ1) is 39.6. The van der Waals surface area contributed by atoms with Crippen molar-refractivity contribution in [2.75, 3.05) is 19.8 Å². The molecule has 12 unspecified atom stereocenters. The minimum Gasteiger partial charge on any atom is -0.394 e. The number of aliphatic hydroxyl groups is 8. The topological polar surface area (TPSA) is 228 Å². The SMILES string of the molecule is CC/C=C\C/C=C\C/C=C\C/C=C\C/C=C\CC(=O)NC(COC1OC(CO)C(OC2OC(CO)C(O)C(O)C2O)C(O)C1O)C(O)CCCCCCCCCCCCCCCCCCCCCCCCCCCCCCCCCC. The lowest BCUT2D eigenvalue weighted by Crippen LogP contribution is -2.65. The van der Waals surface area contributed by atoms with E-state index in [2.05, 4.69) is 61.7 Å². The molecular formula is C67H121NO13. The lowest BCUT2D eigenvalue weighted by atomic mass is 9.97. The monoisotopic (exact) mass is 1150 g/mol. The fourth-order valence-electron chi connectivity index (χ4n) is 10.8. The summed E-state index contributed by atoms with van der Waals surface area (Å²) in [6.45, 7) is 2.70. The van der Waals surface area contributed by atoms with E-state index in [4.69, 9.17) is 18.9 Å². The van der Waals surface area contributed by atoms with Gasteiger partial charge >= 0.3 is 0 Å². The first-order valence-electron chi connectivity index (χ1n) is 33.0. The van der Waals surface area contributed by atoms with Gasteiger partial charge in [-0.3, -0.25) is 4.79 Å². The van der Waals surface area contributed by atoms with Crippen LogP contribution >= 0.6 is 0 Å². The van der Waals surface area contributed by atoms with Crippen LogP contribution in [-0.4, -0.2) is 140 Å². The highest BCUT2D eigenvalue weighted by Crippen LogP contribution is 2.30. The molecule has 0 aromatic rings. The highest BCUT2D eigenvalue weighted by atomic mass is 16.7. The van der Waals surface area contributed by atoms with Crippen molar-refractivity contribution in [1.29, 1.82) is 0 Å². The Morgan fingerprint density at radius 2 is 0.802 bits per heavy atom. The van der Waals surface area contributed by atoms with Crippen LogP contribution in [0.5, 0.6) is 0 Å². The number of amides is 1. The molecule has 2 fully saturated rings. The van der Waals surface area contributed by atoms with E-state index in [9.17, 15) is 45.6 Å².